The van der Waals surface area contributed by atoms with Crippen LogP contribution in [0.3, 0.4) is 0 Å². The first kappa shape index (κ1) is 16.8. The van der Waals surface area contributed by atoms with Crippen LogP contribution in [0.5, 0.6) is 11.5 Å². The van der Waals surface area contributed by atoms with Gasteiger partial charge >= 0.3 is 0 Å². The molecular formula is C16H27NO3. The lowest BCUT2D eigenvalue weighted by atomic mass is 9.94. The number of hydrogen-bond acceptors (Lipinski definition) is 4. The van der Waals surface area contributed by atoms with E-state index in [0.29, 0.717) is 19.0 Å². The van der Waals surface area contributed by atoms with Crippen molar-refractivity contribution in [2.75, 3.05) is 20.8 Å². The molecule has 0 bridgehead atoms. The van der Waals surface area contributed by atoms with Crippen molar-refractivity contribution in [3.05, 3.63) is 23.8 Å². The number of nitrogens with one attached hydrogen (secondary N) is 1. The molecule has 0 amide bonds. The molecule has 0 aliphatic rings. The average Bonchev–Trinajstić information content (AvgIpc) is 2.36. The Morgan fingerprint density at radius 1 is 1.25 bits per heavy atom. The summed E-state index contributed by atoms with van der Waals surface area (Å²) in [5.74, 6) is 2.09. The molecule has 114 valence electrons. The number of ether oxygens (including phenoxy) is 2. The first-order chi connectivity index (χ1) is 9.38. The van der Waals surface area contributed by atoms with Crippen LogP contribution in [0.15, 0.2) is 18.2 Å². The van der Waals surface area contributed by atoms with Gasteiger partial charge in [-0.3, -0.25) is 0 Å². The zero-order valence-electron chi connectivity index (χ0n) is 13.2. The van der Waals surface area contributed by atoms with Gasteiger partial charge in [-0.15, -0.1) is 0 Å². The lowest BCUT2D eigenvalue weighted by Gasteiger charge is -2.26. The second-order valence-corrected chi connectivity index (χ2v) is 5.88. The highest BCUT2D eigenvalue weighted by molar-refractivity contribution is 5.40. The van der Waals surface area contributed by atoms with Crippen LogP contribution in [-0.4, -0.2) is 31.5 Å². The molecule has 0 saturated heterocycles. The van der Waals surface area contributed by atoms with Gasteiger partial charge in [0.1, 0.15) is 11.5 Å². The minimum atomic E-state index is -0.694. The van der Waals surface area contributed by atoms with E-state index in [-0.39, 0.29) is 0 Å². The lowest BCUT2D eigenvalue weighted by Crippen LogP contribution is -2.38. The van der Waals surface area contributed by atoms with Gasteiger partial charge < -0.3 is 19.9 Å². The van der Waals surface area contributed by atoms with E-state index in [1.807, 2.05) is 25.1 Å². The molecule has 0 fully saturated rings. The number of benzene rings is 1. The second kappa shape index (κ2) is 7.50. The van der Waals surface area contributed by atoms with Gasteiger partial charge in [-0.1, -0.05) is 13.8 Å². The molecule has 0 aromatic heterocycles. The highest BCUT2D eigenvalue weighted by atomic mass is 16.5. The van der Waals surface area contributed by atoms with Crippen molar-refractivity contribution in [3.63, 3.8) is 0 Å². The molecule has 0 heterocycles. The fourth-order valence-electron chi connectivity index (χ4n) is 2.44. The van der Waals surface area contributed by atoms with Crippen LogP contribution in [0.4, 0.5) is 0 Å². The van der Waals surface area contributed by atoms with Gasteiger partial charge in [0.15, 0.2) is 0 Å². The highest BCUT2D eigenvalue weighted by Gasteiger charge is 2.21. The zero-order chi connectivity index (χ0) is 15.2. The minimum absolute atomic E-state index is 0.471. The van der Waals surface area contributed by atoms with Gasteiger partial charge in [0, 0.05) is 18.7 Å². The van der Waals surface area contributed by atoms with Crippen LogP contribution in [0.1, 0.15) is 32.8 Å². The lowest BCUT2D eigenvalue weighted by molar-refractivity contribution is 0.0383. The predicted molar refractivity (Wildman–Crippen MR) is 81.3 cm³/mol. The fraction of sp³-hybridized carbons (Fsp3) is 0.625. The smallest absolute Gasteiger partial charge is 0.123 e. The first-order valence-electron chi connectivity index (χ1n) is 7.02. The molecule has 0 saturated carbocycles. The van der Waals surface area contributed by atoms with Gasteiger partial charge in [-0.25, -0.2) is 0 Å². The average molecular weight is 281 g/mol. The van der Waals surface area contributed by atoms with Crippen LogP contribution in [0.25, 0.3) is 0 Å². The summed E-state index contributed by atoms with van der Waals surface area (Å²) >= 11 is 0. The molecule has 0 aliphatic carbocycles. The Morgan fingerprint density at radius 3 is 2.50 bits per heavy atom. The van der Waals surface area contributed by atoms with E-state index in [4.69, 9.17) is 9.47 Å². The van der Waals surface area contributed by atoms with E-state index in [1.165, 1.54) is 0 Å². The first-order valence-corrected chi connectivity index (χ1v) is 7.02. The number of aliphatic hydroxyl groups is 1. The van der Waals surface area contributed by atoms with Gasteiger partial charge in [0.05, 0.1) is 19.8 Å². The third kappa shape index (κ3) is 5.39. The molecule has 0 radical (unpaired) electrons. The summed E-state index contributed by atoms with van der Waals surface area (Å²) < 4.78 is 10.6. The van der Waals surface area contributed by atoms with Crippen molar-refractivity contribution in [1.29, 1.82) is 0 Å². The van der Waals surface area contributed by atoms with E-state index in [1.54, 1.807) is 14.2 Å². The summed E-state index contributed by atoms with van der Waals surface area (Å²) in [6.07, 6.45) is 0.773. The molecular weight excluding hydrogens is 254 g/mol. The Morgan fingerprint density at radius 2 is 1.95 bits per heavy atom. The highest BCUT2D eigenvalue weighted by Crippen LogP contribution is 2.24. The Labute approximate surface area is 122 Å². The summed E-state index contributed by atoms with van der Waals surface area (Å²) in [5.41, 5.74) is 0.326. The maximum absolute atomic E-state index is 10.3. The monoisotopic (exact) mass is 281 g/mol. The summed E-state index contributed by atoms with van der Waals surface area (Å²) in [6.45, 7) is 7.27. The molecule has 0 spiro atoms. The van der Waals surface area contributed by atoms with Crippen LogP contribution in [-0.2, 0) is 6.54 Å². The number of rotatable bonds is 8. The molecule has 0 aliphatic heterocycles. The van der Waals surface area contributed by atoms with Crippen LogP contribution >= 0.6 is 0 Å². The van der Waals surface area contributed by atoms with Crippen molar-refractivity contribution in [3.8, 4) is 11.5 Å². The fourth-order valence-corrected chi connectivity index (χ4v) is 2.44. The van der Waals surface area contributed by atoms with Crippen molar-refractivity contribution in [2.24, 2.45) is 5.92 Å². The van der Waals surface area contributed by atoms with Crippen molar-refractivity contribution in [1.82, 2.24) is 5.32 Å². The Kier molecular flexibility index (Phi) is 6.30. The minimum Gasteiger partial charge on any atom is -0.497 e. The molecule has 1 unspecified atom stereocenters. The van der Waals surface area contributed by atoms with Gasteiger partial charge in [0.2, 0.25) is 0 Å². The maximum Gasteiger partial charge on any atom is 0.123 e. The molecule has 20 heavy (non-hydrogen) atoms. The Balaban J connectivity index is 2.60. The quantitative estimate of drug-likeness (QED) is 0.769. The summed E-state index contributed by atoms with van der Waals surface area (Å²) in [7, 11) is 3.30. The summed E-state index contributed by atoms with van der Waals surface area (Å²) in [5, 5.41) is 13.6. The van der Waals surface area contributed by atoms with Gasteiger partial charge in [-0.05, 0) is 37.5 Å². The van der Waals surface area contributed by atoms with Gasteiger partial charge in [-0.2, -0.15) is 0 Å². The third-order valence-electron chi connectivity index (χ3n) is 3.16. The van der Waals surface area contributed by atoms with Crippen molar-refractivity contribution < 1.29 is 14.6 Å². The van der Waals surface area contributed by atoms with E-state index in [2.05, 4.69) is 19.2 Å². The topological polar surface area (TPSA) is 50.7 Å². The van der Waals surface area contributed by atoms with Gasteiger partial charge in [0.25, 0.3) is 0 Å². The number of hydrogen-bond donors (Lipinski definition) is 2. The van der Waals surface area contributed by atoms with Crippen LogP contribution in [0, 0.1) is 5.92 Å². The molecule has 1 aromatic rings. The predicted octanol–water partition coefficient (Wildman–Crippen LogP) is 2.59. The SMILES string of the molecule is COc1ccc(OC)c(CNCC(C)(O)CC(C)C)c1. The normalized spacial score (nSPS) is 14.2. The van der Waals surface area contributed by atoms with Crippen LogP contribution in [0.2, 0.25) is 0 Å². The molecule has 1 atom stereocenters. The number of methoxy groups -OCH3 is 2. The Bertz CT molecular complexity index is 416. The molecule has 4 nitrogen and oxygen atoms in total. The van der Waals surface area contributed by atoms with Crippen molar-refractivity contribution >= 4 is 0 Å². The molecule has 4 heteroatoms. The van der Waals surface area contributed by atoms with Crippen LogP contribution < -0.4 is 14.8 Å². The largest absolute Gasteiger partial charge is 0.497 e. The second-order valence-electron chi connectivity index (χ2n) is 5.88. The Hall–Kier alpha value is -1.26. The van der Waals surface area contributed by atoms with E-state index in [9.17, 15) is 5.11 Å². The summed E-state index contributed by atoms with van der Waals surface area (Å²) in [6, 6.07) is 5.71. The molecule has 1 aromatic carbocycles. The third-order valence-corrected chi connectivity index (χ3v) is 3.16. The maximum atomic E-state index is 10.3. The summed E-state index contributed by atoms with van der Waals surface area (Å²) in [4.78, 5) is 0. The molecule has 2 N–H and O–H groups in total. The standard InChI is InChI=1S/C16H27NO3/c1-12(2)9-16(3,18)11-17-10-13-8-14(19-4)6-7-15(13)20-5/h6-8,12,17-18H,9-11H2,1-5H3. The molecule has 1 rings (SSSR count). The van der Waals surface area contributed by atoms with E-state index in [0.717, 1.165) is 23.5 Å². The zero-order valence-corrected chi connectivity index (χ0v) is 13.2. The van der Waals surface area contributed by atoms with E-state index < -0.39 is 5.60 Å². The van der Waals surface area contributed by atoms with Crippen molar-refractivity contribution in [2.45, 2.75) is 39.3 Å². The van der Waals surface area contributed by atoms with E-state index >= 15 is 0 Å².